The molecule has 1 heterocycles. The molecule has 0 bridgehead atoms. The van der Waals surface area contributed by atoms with Gasteiger partial charge in [-0.15, -0.1) is 0 Å². The summed E-state index contributed by atoms with van der Waals surface area (Å²) < 4.78 is 0. The molecule has 0 saturated carbocycles. The van der Waals surface area contributed by atoms with E-state index in [1.165, 1.54) is 71.7 Å². The first-order valence-electron chi connectivity index (χ1n) is 19.9. The summed E-state index contributed by atoms with van der Waals surface area (Å²) >= 11 is 0. The fourth-order valence-corrected chi connectivity index (χ4v) is 8.84. The van der Waals surface area contributed by atoms with Crippen LogP contribution in [-0.2, 0) is 0 Å². The van der Waals surface area contributed by atoms with E-state index < -0.39 is 0 Å². The molecular formula is C56H38N2. The monoisotopic (exact) mass is 738 g/mol. The molecule has 10 aromatic carbocycles. The van der Waals surface area contributed by atoms with Gasteiger partial charge in [-0.25, -0.2) is 0 Å². The summed E-state index contributed by atoms with van der Waals surface area (Å²) in [4.78, 5) is 4.82. The number of hydrogen-bond donors (Lipinski definition) is 0. The molecule has 0 unspecified atom stereocenters. The van der Waals surface area contributed by atoms with Crippen LogP contribution in [0.1, 0.15) is 0 Å². The van der Waals surface area contributed by atoms with Gasteiger partial charge in [0.2, 0.25) is 0 Å². The molecule has 0 saturated heterocycles. The highest BCUT2D eigenvalue weighted by atomic mass is 15.2. The highest BCUT2D eigenvalue weighted by Gasteiger charge is 2.26. The molecule has 2 heteroatoms. The van der Waals surface area contributed by atoms with Crippen LogP contribution in [0.3, 0.4) is 0 Å². The molecule has 11 rings (SSSR count). The number of benzene rings is 10. The summed E-state index contributed by atoms with van der Waals surface area (Å²) in [5.41, 5.74) is 16.5. The lowest BCUT2D eigenvalue weighted by atomic mass is 9.92. The largest absolute Gasteiger partial charge is 0.310 e. The molecule has 0 fully saturated rings. The van der Waals surface area contributed by atoms with Gasteiger partial charge in [0.25, 0.3) is 0 Å². The predicted octanol–water partition coefficient (Wildman–Crippen LogP) is 15.9. The minimum absolute atomic E-state index is 1.10. The van der Waals surface area contributed by atoms with Gasteiger partial charge in [0.15, 0.2) is 0 Å². The Labute approximate surface area is 339 Å². The van der Waals surface area contributed by atoms with Gasteiger partial charge >= 0.3 is 0 Å². The first kappa shape index (κ1) is 33.6. The standard InChI is InChI=1S/C56H38N2/c1-3-15-39(16-4-1)40-27-32-45(33-28-40)57(56-38-43-17-7-8-20-47(43)48-21-11-12-25-52(48)56)46-34-29-41(30-35-46)42-31-36-55-53(37-42)50-23-10-9-22-49(50)51-24-13-14-26-54(51)58(55)44-18-5-2-6-19-44/h1-38H. The number of nitrogens with zero attached hydrogens (tertiary/aromatic N) is 2. The van der Waals surface area contributed by atoms with Crippen LogP contribution in [-0.4, -0.2) is 0 Å². The molecule has 0 N–H and O–H groups in total. The molecule has 1 aliphatic heterocycles. The Balaban J connectivity index is 1.05. The predicted molar refractivity (Wildman–Crippen MR) is 246 cm³/mol. The summed E-state index contributed by atoms with van der Waals surface area (Å²) in [6.45, 7) is 0. The van der Waals surface area contributed by atoms with E-state index in [1.54, 1.807) is 0 Å². The summed E-state index contributed by atoms with van der Waals surface area (Å²) in [6.07, 6.45) is 0. The number of rotatable bonds is 6. The zero-order valence-electron chi connectivity index (χ0n) is 31.8. The van der Waals surface area contributed by atoms with E-state index in [2.05, 4.69) is 240 Å². The smallest absolute Gasteiger partial charge is 0.0546 e. The van der Waals surface area contributed by atoms with Crippen molar-refractivity contribution in [3.63, 3.8) is 0 Å². The van der Waals surface area contributed by atoms with Gasteiger partial charge in [-0.05, 0) is 110 Å². The maximum atomic E-state index is 2.41. The molecule has 10 aromatic rings. The second-order valence-electron chi connectivity index (χ2n) is 14.9. The van der Waals surface area contributed by atoms with Gasteiger partial charge in [0, 0.05) is 33.6 Å². The van der Waals surface area contributed by atoms with E-state index in [-0.39, 0.29) is 0 Å². The molecular weight excluding hydrogens is 701 g/mol. The van der Waals surface area contributed by atoms with E-state index in [0.717, 1.165) is 28.4 Å². The van der Waals surface area contributed by atoms with E-state index in [9.17, 15) is 0 Å². The van der Waals surface area contributed by atoms with E-state index >= 15 is 0 Å². The van der Waals surface area contributed by atoms with Crippen molar-refractivity contribution in [1.82, 2.24) is 0 Å². The van der Waals surface area contributed by atoms with Crippen molar-refractivity contribution in [3.8, 4) is 44.5 Å². The lowest BCUT2D eigenvalue weighted by Crippen LogP contribution is -2.11. The van der Waals surface area contributed by atoms with Crippen LogP contribution in [0.4, 0.5) is 34.1 Å². The number of hydrogen-bond acceptors (Lipinski definition) is 2. The Kier molecular flexibility index (Phi) is 8.19. The molecule has 0 atom stereocenters. The quantitative estimate of drug-likeness (QED) is 0.157. The second kappa shape index (κ2) is 14.1. The normalized spacial score (nSPS) is 11.8. The molecule has 272 valence electrons. The fourth-order valence-electron chi connectivity index (χ4n) is 8.84. The Morgan fingerprint density at radius 2 is 0.776 bits per heavy atom. The molecule has 0 spiro atoms. The Hall–Kier alpha value is -7.68. The number of para-hydroxylation sites is 2. The molecule has 58 heavy (non-hydrogen) atoms. The maximum Gasteiger partial charge on any atom is 0.0546 e. The third-order valence-corrected chi connectivity index (χ3v) is 11.6. The molecule has 1 aliphatic rings. The van der Waals surface area contributed by atoms with Crippen molar-refractivity contribution < 1.29 is 0 Å². The van der Waals surface area contributed by atoms with Gasteiger partial charge < -0.3 is 9.80 Å². The van der Waals surface area contributed by atoms with Crippen LogP contribution in [0.2, 0.25) is 0 Å². The minimum Gasteiger partial charge on any atom is -0.310 e. The third-order valence-electron chi connectivity index (χ3n) is 11.6. The molecule has 0 aromatic heterocycles. The van der Waals surface area contributed by atoms with Crippen LogP contribution in [0.15, 0.2) is 231 Å². The Morgan fingerprint density at radius 1 is 0.293 bits per heavy atom. The van der Waals surface area contributed by atoms with Crippen LogP contribution in [0, 0.1) is 0 Å². The summed E-state index contributed by atoms with van der Waals surface area (Å²) in [7, 11) is 0. The average Bonchev–Trinajstić information content (AvgIpc) is 3.42. The Bertz CT molecular complexity index is 3100. The number of anilines is 6. The lowest BCUT2D eigenvalue weighted by Gasteiger charge is -2.28. The summed E-state index contributed by atoms with van der Waals surface area (Å²) in [5, 5.41) is 4.94. The zero-order chi connectivity index (χ0) is 38.4. The van der Waals surface area contributed by atoms with E-state index in [4.69, 9.17) is 0 Å². The van der Waals surface area contributed by atoms with Crippen molar-refractivity contribution in [3.05, 3.63) is 231 Å². The minimum atomic E-state index is 1.10. The van der Waals surface area contributed by atoms with Crippen LogP contribution in [0.5, 0.6) is 0 Å². The summed E-state index contributed by atoms with van der Waals surface area (Å²) in [5.74, 6) is 0. The SMILES string of the molecule is c1ccc(-c2ccc(N(c3ccc(-c4ccc5c(c4)-c4ccccc4-c4ccccc4N5c4ccccc4)cc3)c3cc4ccccc4c4ccccc34)cc2)cc1. The van der Waals surface area contributed by atoms with Crippen molar-refractivity contribution in [2.24, 2.45) is 0 Å². The Morgan fingerprint density at radius 3 is 1.48 bits per heavy atom. The third kappa shape index (κ3) is 5.74. The van der Waals surface area contributed by atoms with Crippen molar-refractivity contribution in [2.75, 3.05) is 9.80 Å². The van der Waals surface area contributed by atoms with Crippen LogP contribution in [0.25, 0.3) is 66.1 Å². The summed E-state index contributed by atoms with van der Waals surface area (Å²) in [6, 6.07) is 83.8. The van der Waals surface area contributed by atoms with E-state index in [1.807, 2.05) is 0 Å². The number of fused-ring (bicyclic) bond motifs is 8. The van der Waals surface area contributed by atoms with Crippen LogP contribution < -0.4 is 9.80 Å². The van der Waals surface area contributed by atoms with Crippen molar-refractivity contribution in [2.45, 2.75) is 0 Å². The zero-order valence-corrected chi connectivity index (χ0v) is 31.8. The first-order chi connectivity index (χ1) is 28.8. The molecule has 0 radical (unpaired) electrons. The van der Waals surface area contributed by atoms with Crippen molar-refractivity contribution >= 4 is 55.7 Å². The van der Waals surface area contributed by atoms with Gasteiger partial charge in [-0.2, -0.15) is 0 Å². The van der Waals surface area contributed by atoms with Crippen molar-refractivity contribution in [1.29, 1.82) is 0 Å². The topological polar surface area (TPSA) is 6.48 Å². The highest BCUT2D eigenvalue weighted by Crippen LogP contribution is 2.51. The van der Waals surface area contributed by atoms with Gasteiger partial charge in [-0.1, -0.05) is 170 Å². The van der Waals surface area contributed by atoms with Gasteiger partial charge in [0.1, 0.15) is 0 Å². The molecule has 0 aliphatic carbocycles. The second-order valence-corrected chi connectivity index (χ2v) is 14.9. The molecule has 0 amide bonds. The fraction of sp³-hybridized carbons (Fsp3) is 0. The van der Waals surface area contributed by atoms with Crippen LogP contribution >= 0.6 is 0 Å². The van der Waals surface area contributed by atoms with Gasteiger partial charge in [0.05, 0.1) is 17.1 Å². The highest BCUT2D eigenvalue weighted by molar-refractivity contribution is 6.14. The van der Waals surface area contributed by atoms with E-state index in [0.29, 0.717) is 0 Å². The lowest BCUT2D eigenvalue weighted by molar-refractivity contribution is 1.29. The maximum absolute atomic E-state index is 2.41. The average molecular weight is 739 g/mol. The molecule has 2 nitrogen and oxygen atoms in total. The first-order valence-corrected chi connectivity index (χ1v) is 19.9. The van der Waals surface area contributed by atoms with Gasteiger partial charge in [-0.3, -0.25) is 0 Å².